The summed E-state index contributed by atoms with van der Waals surface area (Å²) < 4.78 is 6.80. The van der Waals surface area contributed by atoms with Crippen molar-refractivity contribution >= 4 is 17.7 Å². The van der Waals surface area contributed by atoms with E-state index in [0.29, 0.717) is 32.0 Å². The van der Waals surface area contributed by atoms with Crippen LogP contribution < -0.4 is 5.32 Å². The van der Waals surface area contributed by atoms with Gasteiger partial charge in [0.1, 0.15) is 11.2 Å². The minimum Gasteiger partial charge on any atom is -0.378 e. The normalized spacial score (nSPS) is 25.7. The molecule has 0 bridgehead atoms. The third kappa shape index (κ3) is 3.63. The van der Waals surface area contributed by atoms with Crippen LogP contribution in [0.5, 0.6) is 0 Å². The first-order valence-electron chi connectivity index (χ1n) is 10.4. The predicted molar refractivity (Wildman–Crippen MR) is 104 cm³/mol. The molecule has 1 aliphatic carbocycles. The van der Waals surface area contributed by atoms with E-state index >= 15 is 0 Å². The molecule has 1 aromatic rings. The Morgan fingerprint density at radius 1 is 1.21 bits per heavy atom. The second kappa shape index (κ2) is 7.78. The Morgan fingerprint density at radius 3 is 2.59 bits per heavy atom. The van der Waals surface area contributed by atoms with Crippen LogP contribution in [0.3, 0.4) is 0 Å². The first kappa shape index (κ1) is 19.9. The van der Waals surface area contributed by atoms with Gasteiger partial charge in [-0.15, -0.1) is 0 Å². The van der Waals surface area contributed by atoms with E-state index in [0.717, 1.165) is 25.7 Å². The molecule has 29 heavy (non-hydrogen) atoms. The molecule has 9 nitrogen and oxygen atoms in total. The highest BCUT2D eigenvalue weighted by molar-refractivity contribution is 6.01. The Kier molecular flexibility index (Phi) is 5.33. The van der Waals surface area contributed by atoms with Gasteiger partial charge in [0.15, 0.2) is 5.69 Å². The summed E-state index contributed by atoms with van der Waals surface area (Å²) >= 11 is 0. The Balaban J connectivity index is 1.54. The zero-order valence-corrected chi connectivity index (χ0v) is 17.1. The number of amides is 3. The molecule has 0 aromatic carbocycles. The van der Waals surface area contributed by atoms with Crippen molar-refractivity contribution < 1.29 is 19.1 Å². The number of rotatable bonds is 3. The number of hydrogen-bond acceptors (Lipinski definition) is 5. The number of carbonyl (C=O) groups is 3. The van der Waals surface area contributed by atoms with Crippen LogP contribution in [-0.2, 0) is 16.1 Å². The number of aromatic nitrogens is 2. The molecule has 1 aromatic heterocycles. The van der Waals surface area contributed by atoms with Gasteiger partial charge in [0, 0.05) is 32.2 Å². The van der Waals surface area contributed by atoms with Crippen molar-refractivity contribution in [2.45, 2.75) is 57.2 Å². The van der Waals surface area contributed by atoms with E-state index in [9.17, 15) is 14.4 Å². The second-order valence-corrected chi connectivity index (χ2v) is 8.42. The molecule has 3 heterocycles. The second-order valence-electron chi connectivity index (χ2n) is 8.42. The summed E-state index contributed by atoms with van der Waals surface area (Å²) in [7, 11) is 1.64. The highest BCUT2D eigenvalue weighted by atomic mass is 16.5. The van der Waals surface area contributed by atoms with Crippen molar-refractivity contribution in [3.63, 3.8) is 0 Å². The Labute approximate surface area is 170 Å². The van der Waals surface area contributed by atoms with Crippen LogP contribution in [-0.4, -0.2) is 82.2 Å². The molecule has 1 N–H and O–H groups in total. The summed E-state index contributed by atoms with van der Waals surface area (Å²) in [5.41, 5.74) is -0.472. The van der Waals surface area contributed by atoms with E-state index in [1.54, 1.807) is 18.9 Å². The molecule has 2 aliphatic heterocycles. The maximum Gasteiger partial charge on any atom is 0.274 e. The average Bonchev–Trinajstić information content (AvgIpc) is 3.16. The molecular formula is C20H29N5O4. The first-order chi connectivity index (χ1) is 13.9. The lowest BCUT2D eigenvalue weighted by molar-refractivity contribution is -0.133. The Hall–Kier alpha value is -2.42. The van der Waals surface area contributed by atoms with E-state index in [1.807, 2.05) is 0 Å². The largest absolute Gasteiger partial charge is 0.378 e. The van der Waals surface area contributed by atoms with Crippen LogP contribution >= 0.6 is 0 Å². The molecule has 2 fully saturated rings. The highest BCUT2D eigenvalue weighted by Gasteiger charge is 2.47. The molecule has 1 unspecified atom stereocenters. The van der Waals surface area contributed by atoms with Gasteiger partial charge in [0.25, 0.3) is 11.8 Å². The average molecular weight is 403 g/mol. The third-order valence-corrected chi connectivity index (χ3v) is 6.45. The number of ether oxygens (including phenoxy) is 1. The van der Waals surface area contributed by atoms with Crippen LogP contribution in [0.1, 0.15) is 60.0 Å². The van der Waals surface area contributed by atoms with Crippen molar-refractivity contribution in [2.75, 3.05) is 33.4 Å². The van der Waals surface area contributed by atoms with Gasteiger partial charge in [-0.1, -0.05) is 19.3 Å². The van der Waals surface area contributed by atoms with Crippen molar-refractivity contribution in [3.8, 4) is 0 Å². The van der Waals surface area contributed by atoms with Gasteiger partial charge in [0.2, 0.25) is 5.91 Å². The minimum absolute atomic E-state index is 0.161. The maximum atomic E-state index is 13.1. The number of nitrogens with one attached hydrogen (secondary N) is 1. The standard InChI is InChI=1S/C20H29N5O4/c1-20(19(28)21-14-6-4-3-5-7-14)13-25-16(18(27)23(20)2)12-15(22-25)17(26)24-8-10-29-11-9-24/h12,14H,3-11,13H2,1-2H3,(H,21,28). The fourth-order valence-corrected chi connectivity index (χ4v) is 4.35. The molecule has 3 aliphatic rings. The van der Waals surface area contributed by atoms with E-state index in [-0.39, 0.29) is 36.0 Å². The zero-order valence-electron chi connectivity index (χ0n) is 17.1. The summed E-state index contributed by atoms with van der Waals surface area (Å²) in [6, 6.07) is 1.70. The first-order valence-corrected chi connectivity index (χ1v) is 10.4. The van der Waals surface area contributed by atoms with Crippen LogP contribution in [0, 0.1) is 0 Å². The Bertz CT molecular complexity index is 810. The third-order valence-electron chi connectivity index (χ3n) is 6.45. The zero-order chi connectivity index (χ0) is 20.6. The highest BCUT2D eigenvalue weighted by Crippen LogP contribution is 2.27. The number of fused-ring (bicyclic) bond motifs is 1. The smallest absolute Gasteiger partial charge is 0.274 e. The van der Waals surface area contributed by atoms with E-state index in [4.69, 9.17) is 4.74 Å². The van der Waals surface area contributed by atoms with Gasteiger partial charge < -0.3 is 19.9 Å². The topological polar surface area (TPSA) is 96.8 Å². The van der Waals surface area contributed by atoms with E-state index < -0.39 is 5.54 Å². The summed E-state index contributed by atoms with van der Waals surface area (Å²) in [5, 5.41) is 7.52. The van der Waals surface area contributed by atoms with Crippen molar-refractivity contribution in [2.24, 2.45) is 0 Å². The molecule has 9 heteroatoms. The molecule has 158 valence electrons. The molecule has 1 saturated carbocycles. The fraction of sp³-hybridized carbons (Fsp3) is 0.700. The van der Waals surface area contributed by atoms with E-state index in [2.05, 4.69) is 10.4 Å². The van der Waals surface area contributed by atoms with Gasteiger partial charge in [-0.25, -0.2) is 0 Å². The molecule has 1 atom stereocenters. The summed E-state index contributed by atoms with van der Waals surface area (Å²) in [6.07, 6.45) is 5.40. The SMILES string of the molecule is CN1C(=O)c2cc(C(=O)N3CCOCC3)nn2CC1(C)C(=O)NC1CCCCC1. The lowest BCUT2D eigenvalue weighted by atomic mass is 9.92. The number of carbonyl (C=O) groups excluding carboxylic acids is 3. The lowest BCUT2D eigenvalue weighted by Gasteiger charge is -2.41. The molecule has 0 spiro atoms. The van der Waals surface area contributed by atoms with Gasteiger partial charge >= 0.3 is 0 Å². The van der Waals surface area contributed by atoms with Crippen LogP contribution in [0.15, 0.2) is 6.07 Å². The number of hydrogen-bond donors (Lipinski definition) is 1. The Morgan fingerprint density at radius 2 is 1.90 bits per heavy atom. The van der Waals surface area contributed by atoms with Crippen molar-refractivity contribution in [1.82, 2.24) is 24.9 Å². The van der Waals surface area contributed by atoms with E-state index in [1.165, 1.54) is 22.1 Å². The van der Waals surface area contributed by atoms with Crippen LogP contribution in [0.25, 0.3) is 0 Å². The monoisotopic (exact) mass is 403 g/mol. The fourth-order valence-electron chi connectivity index (χ4n) is 4.35. The number of morpholine rings is 1. The van der Waals surface area contributed by atoms with Crippen LogP contribution in [0.2, 0.25) is 0 Å². The minimum atomic E-state index is -1.05. The van der Waals surface area contributed by atoms with Gasteiger partial charge in [-0.2, -0.15) is 5.10 Å². The lowest BCUT2D eigenvalue weighted by Crippen LogP contribution is -2.63. The predicted octanol–water partition coefficient (Wildman–Crippen LogP) is 0.649. The molecular weight excluding hydrogens is 374 g/mol. The number of likely N-dealkylation sites (N-methyl/N-ethyl adjacent to an activating group) is 1. The summed E-state index contributed by atoms with van der Waals surface area (Å²) in [4.78, 5) is 42.0. The number of nitrogens with zero attached hydrogens (tertiary/aromatic N) is 4. The van der Waals surface area contributed by atoms with Gasteiger partial charge in [0.05, 0.1) is 19.8 Å². The van der Waals surface area contributed by atoms with Crippen LogP contribution in [0.4, 0.5) is 0 Å². The van der Waals surface area contributed by atoms with Crippen molar-refractivity contribution in [1.29, 1.82) is 0 Å². The van der Waals surface area contributed by atoms with Crippen molar-refractivity contribution in [3.05, 3.63) is 17.5 Å². The maximum absolute atomic E-state index is 13.1. The molecule has 3 amide bonds. The summed E-state index contributed by atoms with van der Waals surface area (Å²) in [5.74, 6) is -0.674. The molecule has 0 radical (unpaired) electrons. The summed E-state index contributed by atoms with van der Waals surface area (Å²) in [6.45, 7) is 4.00. The molecule has 1 saturated heterocycles. The molecule has 4 rings (SSSR count). The van der Waals surface area contributed by atoms with Gasteiger partial charge in [-0.05, 0) is 19.8 Å². The van der Waals surface area contributed by atoms with Gasteiger partial charge in [-0.3, -0.25) is 19.1 Å². The quantitative estimate of drug-likeness (QED) is 0.799.